The summed E-state index contributed by atoms with van der Waals surface area (Å²) in [5, 5.41) is 18.7. The first-order chi connectivity index (χ1) is 13.4. The number of hydrogen-bond acceptors (Lipinski definition) is 5. The Kier molecular flexibility index (Phi) is 7.53. The molecule has 0 aliphatic carbocycles. The Morgan fingerprint density at radius 3 is 2.21 bits per heavy atom. The number of rotatable bonds is 7. The largest absolute Gasteiger partial charge is 0.507 e. The second-order valence-corrected chi connectivity index (χ2v) is 6.10. The van der Waals surface area contributed by atoms with Crippen molar-refractivity contribution in [2.75, 3.05) is 13.1 Å². The minimum atomic E-state index is -0.555. The van der Waals surface area contributed by atoms with Crippen molar-refractivity contribution in [2.45, 2.75) is 6.92 Å². The molecule has 9 heteroatoms. The van der Waals surface area contributed by atoms with E-state index >= 15 is 0 Å². The van der Waals surface area contributed by atoms with Gasteiger partial charge in [-0.15, -0.1) is 0 Å². The van der Waals surface area contributed by atoms with Crippen molar-refractivity contribution in [3.05, 3.63) is 64.7 Å². The smallest absolute Gasteiger partial charge is 0.259 e. The first kappa shape index (κ1) is 20.9. The average molecular weight is 403 g/mol. The monoisotopic (exact) mass is 402 g/mol. The Labute approximate surface area is 166 Å². The molecule has 0 spiro atoms. The molecule has 146 valence electrons. The Bertz CT molecular complexity index is 914. The lowest BCUT2D eigenvalue weighted by Crippen LogP contribution is -2.41. The van der Waals surface area contributed by atoms with Gasteiger partial charge in [0.1, 0.15) is 5.75 Å². The number of para-hydroxylation sites is 1. The first-order valence-corrected chi connectivity index (χ1v) is 8.67. The third kappa shape index (κ3) is 6.10. The van der Waals surface area contributed by atoms with Crippen LogP contribution in [0, 0.1) is 0 Å². The lowest BCUT2D eigenvalue weighted by molar-refractivity contribution is -0.125. The number of carbonyl (C=O) groups excluding carboxylic acids is 3. The van der Waals surface area contributed by atoms with Gasteiger partial charge >= 0.3 is 0 Å². The molecular weight excluding hydrogens is 384 g/mol. The number of phenols is 1. The van der Waals surface area contributed by atoms with Crippen LogP contribution < -0.4 is 16.1 Å². The quantitative estimate of drug-likeness (QED) is 0.413. The van der Waals surface area contributed by atoms with Crippen molar-refractivity contribution in [3.63, 3.8) is 0 Å². The number of hydrazone groups is 1. The molecule has 0 bridgehead atoms. The van der Waals surface area contributed by atoms with Crippen molar-refractivity contribution >= 4 is 35.0 Å². The van der Waals surface area contributed by atoms with Crippen LogP contribution in [0.25, 0.3) is 0 Å². The Morgan fingerprint density at radius 1 is 0.929 bits per heavy atom. The Morgan fingerprint density at radius 2 is 1.54 bits per heavy atom. The molecule has 0 radical (unpaired) electrons. The summed E-state index contributed by atoms with van der Waals surface area (Å²) in [5.74, 6) is -1.55. The molecule has 0 atom stereocenters. The maximum absolute atomic E-state index is 12.0. The standard InChI is InChI=1S/C19H19ClN4O4/c1-12(13-6-3-5-9-16(13)25)23-24-18(27)11-21-17(26)10-22-19(28)14-7-2-4-8-15(14)20/h2-9,25H,10-11H2,1H3,(H,21,26)(H,22,28)(H,24,27)/b23-12+. The topological polar surface area (TPSA) is 120 Å². The van der Waals surface area contributed by atoms with Crippen LogP contribution in [0.4, 0.5) is 0 Å². The molecule has 2 aromatic carbocycles. The zero-order chi connectivity index (χ0) is 20.5. The van der Waals surface area contributed by atoms with Crippen LogP contribution in [0.3, 0.4) is 0 Å². The molecule has 0 aliphatic heterocycles. The number of nitrogens with zero attached hydrogens (tertiary/aromatic N) is 1. The number of halogens is 1. The predicted molar refractivity (Wildman–Crippen MR) is 105 cm³/mol. The van der Waals surface area contributed by atoms with Crippen LogP contribution >= 0.6 is 11.6 Å². The molecule has 0 heterocycles. The van der Waals surface area contributed by atoms with E-state index in [9.17, 15) is 19.5 Å². The summed E-state index contributed by atoms with van der Waals surface area (Å²) < 4.78 is 0. The number of hydrogen-bond donors (Lipinski definition) is 4. The molecule has 0 saturated heterocycles. The molecule has 2 aromatic rings. The second kappa shape index (κ2) is 10.1. The fraction of sp³-hybridized carbons (Fsp3) is 0.158. The minimum absolute atomic E-state index is 0.0422. The van der Waals surface area contributed by atoms with Gasteiger partial charge in [0.2, 0.25) is 5.91 Å². The van der Waals surface area contributed by atoms with E-state index in [1.807, 2.05) is 0 Å². The number of benzene rings is 2. The summed E-state index contributed by atoms with van der Waals surface area (Å²) >= 11 is 5.91. The molecule has 28 heavy (non-hydrogen) atoms. The van der Waals surface area contributed by atoms with E-state index in [1.54, 1.807) is 43.3 Å². The molecule has 0 aliphatic rings. The fourth-order valence-corrected chi connectivity index (χ4v) is 2.39. The van der Waals surface area contributed by atoms with E-state index in [4.69, 9.17) is 11.6 Å². The van der Waals surface area contributed by atoms with Gasteiger partial charge in [-0.2, -0.15) is 5.10 Å². The van der Waals surface area contributed by atoms with Gasteiger partial charge in [-0.05, 0) is 31.2 Å². The Hall–Kier alpha value is -3.39. The average Bonchev–Trinajstić information content (AvgIpc) is 2.69. The molecule has 0 fully saturated rings. The van der Waals surface area contributed by atoms with Gasteiger partial charge < -0.3 is 15.7 Å². The van der Waals surface area contributed by atoms with Gasteiger partial charge in [-0.25, -0.2) is 5.43 Å². The van der Waals surface area contributed by atoms with E-state index < -0.39 is 17.7 Å². The molecular formula is C19H19ClN4O4. The third-order valence-electron chi connectivity index (χ3n) is 3.62. The van der Waals surface area contributed by atoms with Crippen molar-refractivity contribution in [1.29, 1.82) is 0 Å². The van der Waals surface area contributed by atoms with Gasteiger partial charge in [0.25, 0.3) is 11.8 Å². The van der Waals surface area contributed by atoms with Crippen LogP contribution in [0.5, 0.6) is 5.75 Å². The van der Waals surface area contributed by atoms with Gasteiger partial charge in [-0.3, -0.25) is 14.4 Å². The van der Waals surface area contributed by atoms with Crippen LogP contribution in [0.15, 0.2) is 53.6 Å². The van der Waals surface area contributed by atoms with Crippen LogP contribution in [-0.4, -0.2) is 41.6 Å². The van der Waals surface area contributed by atoms with E-state index in [-0.39, 0.29) is 29.4 Å². The third-order valence-corrected chi connectivity index (χ3v) is 3.95. The number of nitrogens with one attached hydrogen (secondary N) is 3. The highest BCUT2D eigenvalue weighted by Crippen LogP contribution is 2.16. The number of amides is 3. The van der Waals surface area contributed by atoms with E-state index in [0.29, 0.717) is 11.3 Å². The second-order valence-electron chi connectivity index (χ2n) is 5.69. The number of carbonyl (C=O) groups is 3. The molecule has 0 unspecified atom stereocenters. The summed E-state index contributed by atoms with van der Waals surface area (Å²) in [6.07, 6.45) is 0. The van der Waals surface area contributed by atoms with E-state index in [2.05, 4.69) is 21.2 Å². The zero-order valence-corrected chi connectivity index (χ0v) is 15.8. The zero-order valence-electron chi connectivity index (χ0n) is 15.0. The maximum Gasteiger partial charge on any atom is 0.259 e. The SMILES string of the molecule is C/C(=N\NC(=O)CNC(=O)CNC(=O)c1ccccc1Cl)c1ccccc1O. The summed E-state index contributed by atoms with van der Waals surface area (Å²) in [4.78, 5) is 35.5. The van der Waals surface area contributed by atoms with Crippen molar-refractivity contribution in [3.8, 4) is 5.75 Å². The van der Waals surface area contributed by atoms with Gasteiger partial charge in [0.05, 0.1) is 29.4 Å². The van der Waals surface area contributed by atoms with E-state index in [0.717, 1.165) is 0 Å². The molecule has 0 saturated carbocycles. The van der Waals surface area contributed by atoms with Crippen molar-refractivity contribution < 1.29 is 19.5 Å². The van der Waals surface area contributed by atoms with Gasteiger partial charge in [0, 0.05) is 5.56 Å². The molecule has 8 nitrogen and oxygen atoms in total. The predicted octanol–water partition coefficient (Wildman–Crippen LogP) is 1.43. The highest BCUT2D eigenvalue weighted by atomic mass is 35.5. The first-order valence-electron chi connectivity index (χ1n) is 8.29. The molecule has 2 rings (SSSR count). The maximum atomic E-state index is 12.0. The fourth-order valence-electron chi connectivity index (χ4n) is 2.17. The minimum Gasteiger partial charge on any atom is -0.507 e. The summed E-state index contributed by atoms with van der Waals surface area (Å²) in [6.45, 7) is 0.994. The lowest BCUT2D eigenvalue weighted by atomic mass is 10.1. The summed E-state index contributed by atoms with van der Waals surface area (Å²) in [5.41, 5.74) is 3.42. The number of aromatic hydroxyl groups is 1. The normalized spacial score (nSPS) is 10.9. The summed E-state index contributed by atoms with van der Waals surface area (Å²) in [7, 11) is 0. The van der Waals surface area contributed by atoms with Gasteiger partial charge in [-0.1, -0.05) is 35.9 Å². The van der Waals surface area contributed by atoms with Crippen molar-refractivity contribution in [2.24, 2.45) is 5.10 Å². The van der Waals surface area contributed by atoms with Crippen LogP contribution in [0.1, 0.15) is 22.8 Å². The molecule has 0 aromatic heterocycles. The molecule has 4 N–H and O–H groups in total. The summed E-state index contributed by atoms with van der Waals surface area (Å²) in [6, 6.07) is 13.0. The van der Waals surface area contributed by atoms with Crippen LogP contribution in [0.2, 0.25) is 5.02 Å². The lowest BCUT2D eigenvalue weighted by Gasteiger charge is -2.08. The van der Waals surface area contributed by atoms with Gasteiger partial charge in [0.15, 0.2) is 0 Å². The van der Waals surface area contributed by atoms with Crippen LogP contribution in [-0.2, 0) is 9.59 Å². The van der Waals surface area contributed by atoms with E-state index in [1.165, 1.54) is 12.1 Å². The highest BCUT2D eigenvalue weighted by molar-refractivity contribution is 6.33. The Balaban J connectivity index is 1.76. The highest BCUT2D eigenvalue weighted by Gasteiger charge is 2.11. The number of phenolic OH excluding ortho intramolecular Hbond substituents is 1. The van der Waals surface area contributed by atoms with Crippen molar-refractivity contribution in [1.82, 2.24) is 16.1 Å². The molecule has 3 amide bonds.